The molecule has 2 aliphatic rings. The van der Waals surface area contributed by atoms with Crippen molar-refractivity contribution in [1.82, 2.24) is 5.32 Å². The molecular weight excluding hydrogens is 507 g/mol. The molecule has 0 aromatic heterocycles. The molecule has 3 atom stereocenters. The van der Waals surface area contributed by atoms with Crippen molar-refractivity contribution in [2.45, 2.75) is 115 Å². The second-order valence-electron chi connectivity index (χ2n) is 13.5. The molecule has 3 rings (SSSR count). The van der Waals surface area contributed by atoms with Gasteiger partial charge in [0.1, 0.15) is 8.07 Å². The number of ether oxygens (including phenoxy) is 1. The van der Waals surface area contributed by atoms with Crippen molar-refractivity contribution in [3.8, 4) is 11.5 Å². The van der Waals surface area contributed by atoms with Crippen LogP contribution in [0.3, 0.4) is 0 Å². The van der Waals surface area contributed by atoms with Gasteiger partial charge < -0.3 is 14.5 Å². The summed E-state index contributed by atoms with van der Waals surface area (Å²) in [6.45, 7) is 19.4. The zero-order valence-electron chi connectivity index (χ0n) is 24.9. The van der Waals surface area contributed by atoms with Gasteiger partial charge in [0.05, 0.1) is 6.10 Å². The number of nitrogens with one attached hydrogen (secondary N) is 1. The molecule has 0 spiro atoms. The van der Waals surface area contributed by atoms with Crippen LogP contribution in [0.4, 0.5) is 0 Å². The highest BCUT2D eigenvalue weighted by molar-refractivity contribution is 6.83. The number of hydrogen-bond donors (Lipinski definition) is 1. The highest BCUT2D eigenvalue weighted by Gasteiger charge is 2.58. The molecule has 1 aliphatic carbocycles. The molecule has 1 N–H and O–H groups in total. The highest BCUT2D eigenvalue weighted by atomic mass is 28.4. The largest absolute Gasteiger partial charge is 0.442 e. The maximum absolute atomic E-state index is 14.5. The fourth-order valence-corrected chi connectivity index (χ4v) is 6.94. The van der Waals surface area contributed by atoms with Gasteiger partial charge in [-0.25, -0.2) is 4.79 Å². The van der Waals surface area contributed by atoms with E-state index in [1.807, 2.05) is 37.3 Å². The Kier molecular flexibility index (Phi) is 9.22. The van der Waals surface area contributed by atoms with Gasteiger partial charge in [0.15, 0.2) is 20.0 Å². The third-order valence-corrected chi connectivity index (χ3v) is 13.6. The lowest BCUT2D eigenvalue weighted by molar-refractivity contribution is -0.160. The third-order valence-electron chi connectivity index (χ3n) is 8.25. The average molecular weight is 554 g/mol. The summed E-state index contributed by atoms with van der Waals surface area (Å²) in [6, 6.07) is 9.66. The lowest BCUT2D eigenvalue weighted by Crippen LogP contribution is -2.66. The Hall–Kier alpha value is -2.15. The minimum atomic E-state index is -2.32. The SMILES string of the molecule is CC1=CC(=O)N[C@]1(C(=O)O[C@@H](C#C[Si](C)(C)C)c1ccccc1)[C@@H](O[Si](C)(C)C(C)(C)C)C1CCCCC1. The predicted octanol–water partition coefficient (Wildman–Crippen LogP) is 6.94. The number of amides is 1. The van der Waals surface area contributed by atoms with Crippen LogP contribution < -0.4 is 5.32 Å². The maximum atomic E-state index is 14.5. The minimum Gasteiger partial charge on any atom is -0.442 e. The Labute approximate surface area is 232 Å². The maximum Gasteiger partial charge on any atom is 0.340 e. The zero-order chi connectivity index (χ0) is 28.4. The van der Waals surface area contributed by atoms with Gasteiger partial charge in [-0.1, -0.05) is 95.9 Å². The first-order valence-electron chi connectivity index (χ1n) is 14.0. The van der Waals surface area contributed by atoms with Crippen LogP contribution in [-0.4, -0.2) is 39.9 Å². The highest BCUT2D eigenvalue weighted by Crippen LogP contribution is 2.45. The lowest BCUT2D eigenvalue weighted by atomic mass is 9.74. The molecule has 1 amide bonds. The van der Waals surface area contributed by atoms with Crippen LogP contribution in [0.2, 0.25) is 37.8 Å². The van der Waals surface area contributed by atoms with Crippen molar-refractivity contribution in [1.29, 1.82) is 0 Å². The molecule has 0 unspecified atom stereocenters. The van der Waals surface area contributed by atoms with Crippen LogP contribution in [0, 0.1) is 17.4 Å². The van der Waals surface area contributed by atoms with Gasteiger partial charge in [-0.05, 0) is 49.4 Å². The molecular formula is C31H47NO4Si2. The summed E-state index contributed by atoms with van der Waals surface area (Å²) in [6.07, 6.45) is 5.62. The summed E-state index contributed by atoms with van der Waals surface area (Å²) in [5.41, 5.74) is 3.50. The van der Waals surface area contributed by atoms with Crippen molar-refractivity contribution < 1.29 is 18.8 Å². The molecule has 38 heavy (non-hydrogen) atoms. The van der Waals surface area contributed by atoms with Crippen molar-refractivity contribution in [2.24, 2.45) is 5.92 Å². The van der Waals surface area contributed by atoms with E-state index in [1.165, 1.54) is 12.5 Å². The van der Waals surface area contributed by atoms with Crippen molar-refractivity contribution in [3.63, 3.8) is 0 Å². The Morgan fingerprint density at radius 3 is 2.16 bits per heavy atom. The first-order valence-corrected chi connectivity index (χ1v) is 20.5. The number of carbonyl (C=O) groups is 2. The van der Waals surface area contributed by atoms with Crippen LogP contribution in [0.15, 0.2) is 42.0 Å². The molecule has 1 saturated carbocycles. The van der Waals surface area contributed by atoms with E-state index in [9.17, 15) is 9.59 Å². The molecule has 0 saturated heterocycles. The number of esters is 1. The summed E-state index contributed by atoms with van der Waals surface area (Å²) in [5, 5.41) is 3.01. The molecule has 0 radical (unpaired) electrons. The minimum absolute atomic E-state index is 0.0549. The van der Waals surface area contributed by atoms with E-state index in [1.54, 1.807) is 0 Å². The van der Waals surface area contributed by atoms with Crippen LogP contribution in [0.25, 0.3) is 0 Å². The van der Waals surface area contributed by atoms with Gasteiger partial charge in [0.2, 0.25) is 5.91 Å². The standard InChI is InChI=1S/C31H47NO4Si2/c1-23-22-27(33)32-31(23,28(25-18-14-11-15-19-25)36-38(8,9)30(2,3)4)29(34)35-26(20-21-37(5,6)7)24-16-12-10-13-17-24/h10,12-13,16-17,22,25-26,28H,11,14-15,18-19H2,1-9H3,(H,32,33)/t26-,28-,31-/m0/s1. The topological polar surface area (TPSA) is 64.6 Å². The number of benzene rings is 1. The van der Waals surface area contributed by atoms with Crippen molar-refractivity contribution in [3.05, 3.63) is 47.5 Å². The normalized spacial score (nSPS) is 22.6. The Bertz CT molecular complexity index is 1100. The van der Waals surface area contributed by atoms with Gasteiger partial charge >= 0.3 is 5.97 Å². The quantitative estimate of drug-likeness (QED) is 0.226. The number of carbonyl (C=O) groups excluding carboxylic acids is 2. The summed E-state index contributed by atoms with van der Waals surface area (Å²) in [5.74, 6) is 2.66. The monoisotopic (exact) mass is 553 g/mol. The molecule has 1 fully saturated rings. The molecule has 1 aliphatic heterocycles. The van der Waals surface area contributed by atoms with E-state index in [0.717, 1.165) is 31.2 Å². The summed E-state index contributed by atoms with van der Waals surface area (Å²) in [7, 11) is -4.05. The number of hydrogen-bond acceptors (Lipinski definition) is 4. The van der Waals surface area contributed by atoms with E-state index in [2.05, 4.69) is 70.3 Å². The summed E-state index contributed by atoms with van der Waals surface area (Å²) < 4.78 is 13.4. The Morgan fingerprint density at radius 2 is 1.66 bits per heavy atom. The van der Waals surface area contributed by atoms with Gasteiger partial charge in [0, 0.05) is 11.6 Å². The number of rotatable bonds is 7. The smallest absolute Gasteiger partial charge is 0.340 e. The fraction of sp³-hybridized carbons (Fsp3) is 0.613. The molecule has 0 bridgehead atoms. The van der Waals surface area contributed by atoms with Gasteiger partial charge in [-0.15, -0.1) is 5.54 Å². The van der Waals surface area contributed by atoms with Crippen molar-refractivity contribution >= 4 is 28.3 Å². The molecule has 1 heterocycles. The van der Waals surface area contributed by atoms with Crippen molar-refractivity contribution in [2.75, 3.05) is 0 Å². The zero-order valence-corrected chi connectivity index (χ0v) is 26.9. The summed E-state index contributed by atoms with van der Waals surface area (Å²) >= 11 is 0. The third kappa shape index (κ3) is 6.88. The Morgan fingerprint density at radius 1 is 1.05 bits per heavy atom. The predicted molar refractivity (Wildman–Crippen MR) is 160 cm³/mol. The van der Waals surface area contributed by atoms with E-state index < -0.39 is 40.1 Å². The molecule has 208 valence electrons. The van der Waals surface area contributed by atoms with E-state index in [-0.39, 0.29) is 16.9 Å². The van der Waals surface area contributed by atoms with E-state index in [0.29, 0.717) is 5.57 Å². The Balaban J connectivity index is 2.11. The van der Waals surface area contributed by atoms with E-state index >= 15 is 0 Å². The second-order valence-corrected chi connectivity index (χ2v) is 23.0. The summed E-state index contributed by atoms with van der Waals surface area (Å²) in [4.78, 5) is 27.3. The van der Waals surface area contributed by atoms with Crippen LogP contribution in [0.5, 0.6) is 0 Å². The first-order chi connectivity index (χ1) is 17.6. The molecule has 7 heteroatoms. The first kappa shape index (κ1) is 30.4. The van der Waals surface area contributed by atoms with Crippen LogP contribution in [0.1, 0.15) is 71.5 Å². The molecule has 1 aromatic rings. The van der Waals surface area contributed by atoms with Crippen LogP contribution in [-0.2, 0) is 18.8 Å². The average Bonchev–Trinajstić information content (AvgIpc) is 3.14. The lowest BCUT2D eigenvalue weighted by Gasteiger charge is -2.48. The van der Waals surface area contributed by atoms with Gasteiger partial charge in [-0.2, -0.15) is 0 Å². The fourth-order valence-electron chi connectivity index (χ4n) is 5.02. The van der Waals surface area contributed by atoms with E-state index in [4.69, 9.17) is 9.16 Å². The second kappa shape index (κ2) is 11.5. The molecule has 5 nitrogen and oxygen atoms in total. The van der Waals surface area contributed by atoms with Gasteiger partial charge in [-0.3, -0.25) is 4.79 Å². The molecule has 1 aromatic carbocycles. The van der Waals surface area contributed by atoms with Crippen LogP contribution >= 0.6 is 0 Å². The van der Waals surface area contributed by atoms with Gasteiger partial charge in [0.25, 0.3) is 0 Å².